The number of hydrogen-bond acceptors (Lipinski definition) is 4. The molecule has 0 radical (unpaired) electrons. The molecule has 0 aliphatic heterocycles. The van der Waals surface area contributed by atoms with E-state index in [4.69, 9.17) is 9.47 Å². The number of aryl methyl sites for hydroxylation is 2. The van der Waals surface area contributed by atoms with Gasteiger partial charge in [-0.25, -0.2) is 0 Å². The fourth-order valence-corrected chi connectivity index (χ4v) is 2.77. The first-order valence-electron chi connectivity index (χ1n) is 7.33. The lowest BCUT2D eigenvalue weighted by Gasteiger charge is -2.06. The maximum atomic E-state index is 9.75. The third kappa shape index (κ3) is 7.55. The molecule has 10 heteroatoms. The van der Waals surface area contributed by atoms with E-state index in [-0.39, 0.29) is 0 Å². The van der Waals surface area contributed by atoms with Crippen LogP contribution in [0.3, 0.4) is 0 Å². The van der Waals surface area contributed by atoms with Crippen LogP contribution in [-0.4, -0.2) is 26.6 Å². The lowest BCUT2D eigenvalue weighted by molar-refractivity contribution is -0.747. The maximum Gasteiger partial charge on any atom is 0.673 e. The fraction of sp³-hybridized carbons (Fsp3) is 0.333. The normalized spacial score (nSPS) is 11.2. The third-order valence-electron chi connectivity index (χ3n) is 2.91. The minimum atomic E-state index is -6.00. The highest BCUT2D eigenvalue weighted by molar-refractivity contribution is 7.11. The Morgan fingerprint density at radius 3 is 2.32 bits per heavy atom. The molecule has 0 spiro atoms. The first-order chi connectivity index (χ1) is 11.7. The van der Waals surface area contributed by atoms with Gasteiger partial charge in [0.05, 0.1) is 14.2 Å². The summed E-state index contributed by atoms with van der Waals surface area (Å²) in [5.74, 6) is 1.64. The molecule has 25 heavy (non-hydrogen) atoms. The van der Waals surface area contributed by atoms with Crippen LogP contribution in [0.15, 0.2) is 18.2 Å². The molecule has 1 heterocycles. The SMILES string of the molecule is CC[n+]1nc(C)sc1C=Cc1cc(OC)ccc1OC.F[B-](F)(F)F. The molecule has 0 unspecified atom stereocenters. The van der Waals surface area contributed by atoms with Crippen molar-refractivity contribution >= 4 is 30.7 Å². The number of aromatic nitrogens is 2. The topological polar surface area (TPSA) is 35.2 Å². The Morgan fingerprint density at radius 1 is 1.16 bits per heavy atom. The van der Waals surface area contributed by atoms with Crippen molar-refractivity contribution in [1.29, 1.82) is 0 Å². The first kappa shape index (κ1) is 20.9. The molecular weight excluding hydrogens is 359 g/mol. The van der Waals surface area contributed by atoms with Crippen molar-refractivity contribution in [1.82, 2.24) is 5.10 Å². The molecule has 0 bridgehead atoms. The highest BCUT2D eigenvalue weighted by Crippen LogP contribution is 2.26. The van der Waals surface area contributed by atoms with E-state index in [1.54, 1.807) is 25.6 Å². The molecule has 0 aliphatic rings. The highest BCUT2D eigenvalue weighted by Gasteiger charge is 2.20. The summed E-state index contributed by atoms with van der Waals surface area (Å²) >= 11 is 1.67. The van der Waals surface area contributed by atoms with Gasteiger partial charge in [-0.3, -0.25) is 0 Å². The van der Waals surface area contributed by atoms with Crippen LogP contribution in [0.1, 0.15) is 22.5 Å². The van der Waals surface area contributed by atoms with E-state index >= 15 is 0 Å². The van der Waals surface area contributed by atoms with E-state index < -0.39 is 7.25 Å². The van der Waals surface area contributed by atoms with E-state index in [1.165, 1.54) is 0 Å². The van der Waals surface area contributed by atoms with Gasteiger partial charge in [0, 0.05) is 16.7 Å². The number of benzene rings is 1. The molecule has 0 atom stereocenters. The Kier molecular flexibility index (Phi) is 7.88. The van der Waals surface area contributed by atoms with E-state index in [0.717, 1.165) is 33.6 Å². The van der Waals surface area contributed by atoms with Crippen LogP contribution >= 0.6 is 11.3 Å². The van der Waals surface area contributed by atoms with Gasteiger partial charge in [-0.2, -0.15) is 0 Å². The molecule has 2 aromatic rings. The van der Waals surface area contributed by atoms with Gasteiger partial charge in [0.25, 0.3) is 5.01 Å². The molecule has 0 saturated heterocycles. The smallest absolute Gasteiger partial charge is 0.497 e. The highest BCUT2D eigenvalue weighted by atomic mass is 32.1. The van der Waals surface area contributed by atoms with Crippen molar-refractivity contribution in [2.24, 2.45) is 0 Å². The van der Waals surface area contributed by atoms with Crippen LogP contribution in [0.5, 0.6) is 11.5 Å². The van der Waals surface area contributed by atoms with Gasteiger partial charge in [0.2, 0.25) is 0 Å². The van der Waals surface area contributed by atoms with Gasteiger partial charge >= 0.3 is 7.25 Å². The first-order valence-corrected chi connectivity index (χ1v) is 8.14. The summed E-state index contributed by atoms with van der Waals surface area (Å²) in [4.78, 5) is 0. The molecule has 1 aromatic heterocycles. The Balaban J connectivity index is 0.000000550. The zero-order valence-corrected chi connectivity index (χ0v) is 15.1. The summed E-state index contributed by atoms with van der Waals surface area (Å²) in [6.45, 7) is 4.96. The summed E-state index contributed by atoms with van der Waals surface area (Å²) in [6.07, 6.45) is 4.09. The Morgan fingerprint density at radius 2 is 1.80 bits per heavy atom. The van der Waals surface area contributed by atoms with Gasteiger partial charge in [-0.1, -0.05) is 4.68 Å². The minimum Gasteiger partial charge on any atom is -0.497 e. The predicted molar refractivity (Wildman–Crippen MR) is 91.4 cm³/mol. The second-order valence-electron chi connectivity index (χ2n) is 4.71. The Hall–Kier alpha value is -2.10. The van der Waals surface area contributed by atoms with Gasteiger partial charge < -0.3 is 26.7 Å². The average molecular weight is 378 g/mol. The van der Waals surface area contributed by atoms with Gasteiger partial charge in [0.1, 0.15) is 11.5 Å². The average Bonchev–Trinajstić information content (AvgIpc) is 2.91. The molecular formula is C15H19BF4N2O2S. The third-order valence-corrected chi connectivity index (χ3v) is 3.84. The van der Waals surface area contributed by atoms with Crippen molar-refractivity contribution in [2.75, 3.05) is 14.2 Å². The zero-order chi connectivity index (χ0) is 19.0. The van der Waals surface area contributed by atoms with E-state index in [0.29, 0.717) is 0 Å². The van der Waals surface area contributed by atoms with Crippen molar-refractivity contribution < 1.29 is 31.4 Å². The molecule has 0 fully saturated rings. The van der Waals surface area contributed by atoms with Crippen LogP contribution < -0.4 is 14.2 Å². The molecule has 0 N–H and O–H groups in total. The maximum absolute atomic E-state index is 9.75. The lowest BCUT2D eigenvalue weighted by Crippen LogP contribution is -2.36. The molecule has 138 valence electrons. The van der Waals surface area contributed by atoms with Crippen LogP contribution in [-0.2, 0) is 6.54 Å². The summed E-state index contributed by atoms with van der Waals surface area (Å²) in [5, 5.41) is 6.63. The van der Waals surface area contributed by atoms with Crippen LogP contribution in [0.2, 0.25) is 0 Å². The van der Waals surface area contributed by atoms with Crippen LogP contribution in [0.4, 0.5) is 17.3 Å². The number of methoxy groups -OCH3 is 2. The Bertz CT molecular complexity index is 714. The van der Waals surface area contributed by atoms with E-state index in [2.05, 4.69) is 18.1 Å². The van der Waals surface area contributed by atoms with Crippen molar-refractivity contribution in [3.8, 4) is 11.5 Å². The molecule has 0 aliphatic carbocycles. The van der Waals surface area contributed by atoms with Crippen LogP contribution in [0, 0.1) is 6.92 Å². The van der Waals surface area contributed by atoms with Gasteiger partial charge in [-0.05, 0) is 49.5 Å². The number of ether oxygens (including phenoxy) is 2. The summed E-state index contributed by atoms with van der Waals surface area (Å²) < 4.78 is 51.6. The predicted octanol–water partition coefficient (Wildman–Crippen LogP) is 4.25. The Labute approximate surface area is 147 Å². The zero-order valence-electron chi connectivity index (χ0n) is 14.3. The second kappa shape index (κ2) is 9.40. The van der Waals surface area contributed by atoms with Crippen LogP contribution in [0.25, 0.3) is 12.2 Å². The standard InChI is InChI=1S/C15H19N2O2S.BF4/c1-5-17-15(20-11(2)16-17)9-6-12-10-13(18-3)7-8-14(12)19-4;2-1(3,4)5/h6-10H,5H2,1-4H3;/q+1;-1. The lowest BCUT2D eigenvalue weighted by atomic mass is 10.1. The van der Waals surface area contributed by atoms with Crippen molar-refractivity contribution in [3.63, 3.8) is 0 Å². The number of rotatable bonds is 5. The molecule has 1 aromatic carbocycles. The van der Waals surface area contributed by atoms with Crippen molar-refractivity contribution in [3.05, 3.63) is 33.8 Å². The number of halogens is 4. The summed E-state index contributed by atoms with van der Waals surface area (Å²) in [5.41, 5.74) is 0.987. The molecule has 0 saturated carbocycles. The molecule has 2 rings (SSSR count). The fourth-order valence-electron chi connectivity index (χ4n) is 1.92. The summed E-state index contributed by atoms with van der Waals surface area (Å²) in [7, 11) is -2.67. The monoisotopic (exact) mass is 378 g/mol. The van der Waals surface area contributed by atoms with E-state index in [9.17, 15) is 17.3 Å². The van der Waals surface area contributed by atoms with Crippen molar-refractivity contribution in [2.45, 2.75) is 20.4 Å². The molecule has 0 amide bonds. The quantitative estimate of drug-likeness (QED) is 0.443. The van der Waals surface area contributed by atoms with Gasteiger partial charge in [-0.15, -0.1) is 0 Å². The van der Waals surface area contributed by atoms with E-state index in [1.807, 2.05) is 35.9 Å². The number of nitrogens with zero attached hydrogens (tertiary/aromatic N) is 2. The number of hydrogen-bond donors (Lipinski definition) is 0. The molecule has 4 nitrogen and oxygen atoms in total. The van der Waals surface area contributed by atoms with Gasteiger partial charge in [0.15, 0.2) is 11.6 Å². The summed E-state index contributed by atoms with van der Waals surface area (Å²) in [6, 6.07) is 5.75. The minimum absolute atomic E-state index is 0.814. The largest absolute Gasteiger partial charge is 0.673 e. The second-order valence-corrected chi connectivity index (χ2v) is 5.92.